The molecule has 4 heterocycles. The predicted molar refractivity (Wildman–Crippen MR) is 258 cm³/mol. The molecule has 68 heavy (non-hydrogen) atoms. The van der Waals surface area contributed by atoms with Gasteiger partial charge in [0.05, 0.1) is 48.2 Å². The fourth-order valence-corrected chi connectivity index (χ4v) is 10.8. The highest BCUT2D eigenvalue weighted by Crippen LogP contribution is 2.48. The smallest absolute Gasteiger partial charge is 0.262 e. The molecule has 15 nitrogen and oxygen atoms in total. The van der Waals surface area contributed by atoms with Gasteiger partial charge in [-0.2, -0.15) is 5.10 Å². The van der Waals surface area contributed by atoms with Gasteiger partial charge in [0.2, 0.25) is 28.6 Å². The zero-order valence-electron chi connectivity index (χ0n) is 38.9. The number of methoxy groups -OCH3 is 1. The molecular formula is C52H59N7O8S. The summed E-state index contributed by atoms with van der Waals surface area (Å²) in [6, 6.07) is 27.0. The van der Waals surface area contributed by atoms with Gasteiger partial charge in [-0.1, -0.05) is 87.5 Å². The van der Waals surface area contributed by atoms with Crippen LogP contribution in [0.3, 0.4) is 0 Å². The standard InChI is InChI=1S/C52H59N7O8S/c1-6-34-30-52(34,50(63)59(68(64)65)35-20-21-35)54-48(61)45-26-37(67-46-29-40(32-15-9-7-10-16-32)53-42-25-36(66-5)22-23-38(42)46)31-58(45)49(62)39(51(2,3)4)27-47(60)57-24-14-13-19-44(57)43-28-41(55-56-43)33-17-11-8-12-18-33/h6-12,15-18,22-23,25,28-29,34-35,37,39,44-45,68H,1,13-14,19-21,24,26-27,30-31H2,2-5H3,(H,54,61)(H,55,56)/t34-,37-,39-,44?,45+,52?/m1/s1. The second-order valence-electron chi connectivity index (χ2n) is 19.7. The lowest BCUT2D eigenvalue weighted by Gasteiger charge is -2.39. The van der Waals surface area contributed by atoms with Gasteiger partial charge >= 0.3 is 0 Å². The number of hydrogen-bond acceptors (Lipinski definition) is 10. The average molecular weight is 942 g/mol. The largest absolute Gasteiger partial charge is 0.497 e. The fraction of sp³-hybridized carbons (Fsp3) is 0.423. The van der Waals surface area contributed by atoms with Crippen LogP contribution in [0.25, 0.3) is 33.4 Å². The number of benzene rings is 3. The number of hydrogen-bond donors (Lipinski definition) is 3. The Hall–Kier alpha value is -6.55. The number of ether oxygens (including phenoxy) is 2. The Balaban J connectivity index is 1.03. The van der Waals surface area contributed by atoms with Gasteiger partial charge < -0.3 is 24.6 Å². The van der Waals surface area contributed by atoms with Gasteiger partial charge in [0.1, 0.15) is 29.2 Å². The van der Waals surface area contributed by atoms with Gasteiger partial charge in [-0.25, -0.2) is 17.7 Å². The Kier molecular flexibility index (Phi) is 12.9. The molecule has 0 bridgehead atoms. The van der Waals surface area contributed by atoms with E-state index < -0.39 is 69.6 Å². The van der Waals surface area contributed by atoms with Gasteiger partial charge in [0.25, 0.3) is 5.91 Å². The molecule has 2 aliphatic carbocycles. The number of nitrogens with one attached hydrogen (secondary N) is 2. The summed E-state index contributed by atoms with van der Waals surface area (Å²) < 4.78 is 38.2. The first-order valence-electron chi connectivity index (χ1n) is 23.5. The Morgan fingerprint density at radius 3 is 2.32 bits per heavy atom. The lowest BCUT2D eigenvalue weighted by atomic mass is 9.77. The van der Waals surface area contributed by atoms with Crippen LogP contribution in [0.2, 0.25) is 0 Å². The normalized spacial score (nSPS) is 23.0. The second kappa shape index (κ2) is 18.9. The molecule has 2 saturated carbocycles. The molecule has 6 atom stereocenters. The number of aromatic amines is 1. The minimum Gasteiger partial charge on any atom is -0.497 e. The predicted octanol–water partition coefficient (Wildman–Crippen LogP) is 7.03. The molecule has 9 rings (SSSR count). The number of piperidine rings is 1. The number of likely N-dealkylation sites (tertiary alicyclic amines) is 2. The van der Waals surface area contributed by atoms with E-state index in [1.165, 1.54) is 4.90 Å². The lowest BCUT2D eigenvalue weighted by Crippen LogP contribution is -2.57. The van der Waals surface area contributed by atoms with Crippen LogP contribution in [0, 0.1) is 17.3 Å². The summed E-state index contributed by atoms with van der Waals surface area (Å²) in [5.41, 5.74) is 2.45. The van der Waals surface area contributed by atoms with Crippen LogP contribution in [0.5, 0.6) is 11.5 Å². The zero-order chi connectivity index (χ0) is 47.9. The van der Waals surface area contributed by atoms with Crippen molar-refractivity contribution in [3.8, 4) is 34.0 Å². The third kappa shape index (κ3) is 9.34. The number of fused-ring (bicyclic) bond motifs is 1. The first-order valence-corrected chi connectivity index (χ1v) is 24.7. The molecule has 2 aromatic heterocycles. The summed E-state index contributed by atoms with van der Waals surface area (Å²) in [5.74, 6) is -2.18. The van der Waals surface area contributed by atoms with Crippen molar-refractivity contribution in [3.63, 3.8) is 0 Å². The van der Waals surface area contributed by atoms with E-state index in [2.05, 4.69) is 22.1 Å². The van der Waals surface area contributed by atoms with Gasteiger partial charge in [0, 0.05) is 54.4 Å². The maximum atomic E-state index is 15.4. The number of rotatable bonds is 15. The molecule has 2 unspecified atom stereocenters. The number of pyridine rings is 1. The molecule has 0 spiro atoms. The van der Waals surface area contributed by atoms with Crippen LogP contribution in [-0.2, 0) is 30.1 Å². The first kappa shape index (κ1) is 46.6. The highest BCUT2D eigenvalue weighted by atomic mass is 32.2. The monoisotopic (exact) mass is 941 g/mol. The van der Waals surface area contributed by atoms with Crippen molar-refractivity contribution in [1.29, 1.82) is 0 Å². The highest BCUT2D eigenvalue weighted by Gasteiger charge is 2.63. The number of amides is 4. The first-order chi connectivity index (χ1) is 32.7. The van der Waals surface area contributed by atoms with Crippen molar-refractivity contribution in [2.45, 2.75) is 102 Å². The third-order valence-electron chi connectivity index (χ3n) is 14.1. The molecule has 2 saturated heterocycles. The van der Waals surface area contributed by atoms with Gasteiger partial charge in [-0.15, -0.1) is 6.58 Å². The average Bonchev–Trinajstić information content (AvgIpc) is 4.20. The Morgan fingerprint density at radius 2 is 1.68 bits per heavy atom. The Morgan fingerprint density at radius 1 is 0.956 bits per heavy atom. The van der Waals surface area contributed by atoms with E-state index in [0.29, 0.717) is 47.5 Å². The highest BCUT2D eigenvalue weighted by molar-refractivity contribution is 7.70. The van der Waals surface area contributed by atoms with Crippen molar-refractivity contribution < 1.29 is 37.1 Å². The number of carbonyl (C=O) groups is 4. The molecule has 2 N–H and O–H groups in total. The molecule has 16 heteroatoms. The Bertz CT molecular complexity index is 2800. The number of H-pyrrole nitrogens is 1. The minimum atomic E-state index is -3.26. The maximum absolute atomic E-state index is 15.4. The Labute approximate surface area is 398 Å². The van der Waals surface area contributed by atoms with E-state index in [9.17, 15) is 22.8 Å². The van der Waals surface area contributed by atoms with Crippen LogP contribution in [0.1, 0.15) is 83.9 Å². The quantitative estimate of drug-likeness (QED) is 0.0728. The van der Waals surface area contributed by atoms with E-state index in [4.69, 9.17) is 14.5 Å². The zero-order valence-corrected chi connectivity index (χ0v) is 39.8. The molecule has 2 aliphatic heterocycles. The summed E-state index contributed by atoms with van der Waals surface area (Å²) in [6.07, 6.45) is 4.49. The van der Waals surface area contributed by atoms with Gasteiger partial charge in [-0.05, 0) is 67.7 Å². The van der Waals surface area contributed by atoms with Crippen molar-refractivity contribution in [2.24, 2.45) is 17.3 Å². The summed E-state index contributed by atoms with van der Waals surface area (Å²) in [5, 5.41) is 11.5. The van der Waals surface area contributed by atoms with Gasteiger partial charge in [0.15, 0.2) is 0 Å². The molecule has 4 amide bonds. The molecule has 3 aromatic carbocycles. The van der Waals surface area contributed by atoms with E-state index in [-0.39, 0.29) is 37.8 Å². The summed E-state index contributed by atoms with van der Waals surface area (Å²) in [4.78, 5) is 67.4. The van der Waals surface area contributed by atoms with E-state index in [1.807, 2.05) is 117 Å². The summed E-state index contributed by atoms with van der Waals surface area (Å²) >= 11 is 0. The van der Waals surface area contributed by atoms with E-state index in [1.54, 1.807) is 13.2 Å². The third-order valence-corrected chi connectivity index (χ3v) is 14.9. The van der Waals surface area contributed by atoms with Crippen molar-refractivity contribution in [1.82, 2.24) is 34.6 Å². The lowest BCUT2D eigenvalue weighted by molar-refractivity contribution is -0.149. The van der Waals surface area contributed by atoms with Crippen molar-refractivity contribution in [2.75, 3.05) is 20.2 Å². The SMILES string of the molecule is C=C[C@@H]1CC1(NC(=O)[C@@H]1C[C@@H](Oc2cc(-c3ccccc3)nc3cc(OC)ccc23)CN1C(=O)[C@@H](CC(=O)N1CCCCC1c1cc(-c2ccccc2)[nH]n1)C(C)(C)C)C(=O)N(C1CC1)[SH](=O)=O. The number of nitrogens with zero attached hydrogens (tertiary/aromatic N) is 5. The second-order valence-corrected chi connectivity index (χ2v) is 20.6. The van der Waals surface area contributed by atoms with Crippen molar-refractivity contribution in [3.05, 3.63) is 109 Å². The molecule has 356 valence electrons. The van der Waals surface area contributed by atoms with Crippen molar-refractivity contribution >= 4 is 45.4 Å². The van der Waals surface area contributed by atoms with Crippen LogP contribution in [0.15, 0.2) is 104 Å². The van der Waals surface area contributed by atoms with Gasteiger partial charge in [-0.3, -0.25) is 24.3 Å². The molecule has 4 fully saturated rings. The molecule has 4 aliphatic rings. The number of carbonyl (C=O) groups excluding carboxylic acids is 4. The van der Waals surface area contributed by atoms with E-state index >= 15 is 4.79 Å². The minimum absolute atomic E-state index is 0.00729. The summed E-state index contributed by atoms with van der Waals surface area (Å²) in [7, 11) is -1.68. The van der Waals surface area contributed by atoms with E-state index in [0.717, 1.165) is 46.1 Å². The summed E-state index contributed by atoms with van der Waals surface area (Å²) in [6.45, 7) is 10.1. The molecule has 0 radical (unpaired) electrons. The number of aromatic nitrogens is 3. The van der Waals surface area contributed by atoms with Crippen LogP contribution in [-0.4, -0.2) is 105 Å². The fourth-order valence-electron chi connectivity index (χ4n) is 9.99. The van der Waals surface area contributed by atoms with Crippen LogP contribution >= 0.6 is 0 Å². The maximum Gasteiger partial charge on any atom is 0.262 e. The number of thiol groups is 1. The molecule has 5 aromatic rings. The molecular weight excluding hydrogens is 883 g/mol. The van der Waals surface area contributed by atoms with Crippen LogP contribution in [0.4, 0.5) is 0 Å². The topological polar surface area (TPSA) is 184 Å². The van der Waals surface area contributed by atoms with Crippen LogP contribution < -0.4 is 14.8 Å².